The smallest absolute Gasteiger partial charge is 0.387 e. The van der Waals surface area contributed by atoms with Gasteiger partial charge in [0.1, 0.15) is 5.75 Å². The molecular weight excluding hydrogens is 396 g/mol. The summed E-state index contributed by atoms with van der Waals surface area (Å²) in [6.07, 6.45) is 0. The van der Waals surface area contributed by atoms with Gasteiger partial charge in [-0.15, -0.1) is 11.3 Å². The minimum atomic E-state index is -2.84. The van der Waals surface area contributed by atoms with E-state index in [1.807, 2.05) is 48.5 Å². The van der Waals surface area contributed by atoms with E-state index < -0.39 is 6.61 Å². The Hall–Kier alpha value is -2.84. The van der Waals surface area contributed by atoms with Crippen molar-refractivity contribution in [1.82, 2.24) is 9.88 Å². The molecule has 5 nitrogen and oxygen atoms in total. The number of rotatable bonds is 8. The quantitative estimate of drug-likeness (QED) is 0.573. The summed E-state index contributed by atoms with van der Waals surface area (Å²) in [5.74, 6) is -0.0314. The summed E-state index contributed by atoms with van der Waals surface area (Å²) in [6, 6.07) is 13.9. The lowest BCUT2D eigenvalue weighted by molar-refractivity contribution is -0.117. The van der Waals surface area contributed by atoms with Gasteiger partial charge < -0.3 is 10.1 Å². The van der Waals surface area contributed by atoms with Crippen LogP contribution in [0.1, 0.15) is 10.6 Å². The number of hydrogen-bond acceptors (Lipinski definition) is 5. The fourth-order valence-corrected chi connectivity index (χ4v) is 3.46. The van der Waals surface area contributed by atoms with E-state index in [1.165, 1.54) is 12.1 Å². The molecule has 0 aliphatic carbocycles. The average molecular weight is 417 g/mol. The molecule has 2 aromatic carbocycles. The number of likely N-dealkylation sites (N-methyl/N-ethyl adjacent to an activating group) is 1. The SMILES string of the molecule is Cc1nc(-c2cccc(NC(=O)CN(C)Cc3ccc(OC(F)F)cc3)c2)cs1. The van der Waals surface area contributed by atoms with E-state index in [9.17, 15) is 13.6 Å². The number of halogens is 2. The van der Waals surface area contributed by atoms with E-state index in [1.54, 1.807) is 23.5 Å². The summed E-state index contributed by atoms with van der Waals surface area (Å²) in [4.78, 5) is 18.7. The first kappa shape index (κ1) is 20.9. The Bertz CT molecular complexity index is 961. The maximum atomic E-state index is 12.4. The number of hydrogen-bond donors (Lipinski definition) is 1. The van der Waals surface area contributed by atoms with Crippen molar-refractivity contribution in [1.29, 1.82) is 0 Å². The predicted molar refractivity (Wildman–Crippen MR) is 110 cm³/mol. The number of anilines is 1. The van der Waals surface area contributed by atoms with Crippen molar-refractivity contribution in [2.75, 3.05) is 18.9 Å². The first-order chi connectivity index (χ1) is 13.9. The van der Waals surface area contributed by atoms with Gasteiger partial charge in [0.15, 0.2) is 0 Å². The number of aryl methyl sites for hydroxylation is 1. The van der Waals surface area contributed by atoms with Gasteiger partial charge in [-0.25, -0.2) is 4.98 Å². The number of thiazole rings is 1. The highest BCUT2D eigenvalue weighted by Gasteiger charge is 2.10. The van der Waals surface area contributed by atoms with Crippen LogP contribution in [0, 0.1) is 6.92 Å². The van der Waals surface area contributed by atoms with Gasteiger partial charge in [0.25, 0.3) is 0 Å². The van der Waals surface area contributed by atoms with Gasteiger partial charge in [-0.1, -0.05) is 24.3 Å². The van der Waals surface area contributed by atoms with Gasteiger partial charge in [0.2, 0.25) is 5.91 Å². The zero-order valence-corrected chi connectivity index (χ0v) is 16.9. The molecule has 0 saturated heterocycles. The van der Waals surface area contributed by atoms with Crippen LogP contribution in [0.25, 0.3) is 11.3 Å². The molecule has 1 amide bonds. The van der Waals surface area contributed by atoms with E-state index in [4.69, 9.17) is 0 Å². The summed E-state index contributed by atoms with van der Waals surface area (Å²) in [5, 5.41) is 5.88. The molecule has 0 fully saturated rings. The zero-order chi connectivity index (χ0) is 20.8. The third-order valence-corrected chi connectivity index (χ3v) is 4.85. The molecule has 152 valence electrons. The fourth-order valence-electron chi connectivity index (χ4n) is 2.84. The summed E-state index contributed by atoms with van der Waals surface area (Å²) in [7, 11) is 1.82. The topological polar surface area (TPSA) is 54.5 Å². The standard InChI is InChI=1S/C21H21F2N3O2S/c1-14-24-19(13-29-14)16-4-3-5-17(10-16)25-20(27)12-26(2)11-15-6-8-18(9-7-15)28-21(22)23/h3-10,13,21H,11-12H2,1-2H3,(H,25,27). The number of aromatic nitrogens is 1. The number of nitrogens with zero attached hydrogens (tertiary/aromatic N) is 2. The lowest BCUT2D eigenvalue weighted by atomic mass is 10.1. The minimum absolute atomic E-state index is 0.110. The van der Waals surface area contributed by atoms with Crippen LogP contribution in [0.4, 0.5) is 14.5 Å². The maximum Gasteiger partial charge on any atom is 0.387 e. The van der Waals surface area contributed by atoms with Crippen molar-refractivity contribution in [3.63, 3.8) is 0 Å². The van der Waals surface area contributed by atoms with Crippen LogP contribution in [0.3, 0.4) is 0 Å². The van der Waals surface area contributed by atoms with Crippen molar-refractivity contribution in [3.05, 3.63) is 64.5 Å². The predicted octanol–water partition coefficient (Wildman–Crippen LogP) is 4.79. The molecule has 0 bridgehead atoms. The Labute approximate surface area is 172 Å². The van der Waals surface area contributed by atoms with Crippen LogP contribution in [-0.2, 0) is 11.3 Å². The van der Waals surface area contributed by atoms with E-state index in [0.29, 0.717) is 12.2 Å². The van der Waals surface area contributed by atoms with E-state index in [-0.39, 0.29) is 18.2 Å². The van der Waals surface area contributed by atoms with Gasteiger partial charge in [0.05, 0.1) is 17.2 Å². The molecule has 1 N–H and O–H groups in total. The van der Waals surface area contributed by atoms with Crippen LogP contribution in [0.5, 0.6) is 5.75 Å². The van der Waals surface area contributed by atoms with E-state index in [0.717, 1.165) is 21.8 Å². The van der Waals surface area contributed by atoms with Crippen molar-refractivity contribution >= 4 is 22.9 Å². The second-order valence-electron chi connectivity index (χ2n) is 6.58. The van der Waals surface area contributed by atoms with Gasteiger partial charge in [-0.05, 0) is 43.8 Å². The van der Waals surface area contributed by atoms with Crippen LogP contribution in [0.15, 0.2) is 53.9 Å². The number of carbonyl (C=O) groups is 1. The molecule has 0 atom stereocenters. The number of benzene rings is 2. The molecule has 1 heterocycles. The van der Waals surface area contributed by atoms with E-state index >= 15 is 0 Å². The zero-order valence-electron chi connectivity index (χ0n) is 16.1. The van der Waals surface area contributed by atoms with E-state index in [2.05, 4.69) is 15.0 Å². The largest absolute Gasteiger partial charge is 0.435 e. The highest BCUT2D eigenvalue weighted by atomic mass is 32.1. The summed E-state index contributed by atoms with van der Waals surface area (Å²) in [6.45, 7) is -0.199. The number of alkyl halides is 2. The van der Waals surface area contributed by atoms with Crippen LogP contribution in [-0.4, -0.2) is 36.0 Å². The lowest BCUT2D eigenvalue weighted by Crippen LogP contribution is -2.29. The van der Waals surface area contributed by atoms with Crippen LogP contribution < -0.4 is 10.1 Å². The first-order valence-corrected chi connectivity index (χ1v) is 9.82. The maximum absolute atomic E-state index is 12.4. The molecule has 0 saturated carbocycles. The van der Waals surface area contributed by atoms with Gasteiger partial charge >= 0.3 is 6.61 Å². The first-order valence-electron chi connectivity index (χ1n) is 8.94. The molecule has 29 heavy (non-hydrogen) atoms. The molecule has 0 aliphatic heterocycles. The Balaban J connectivity index is 1.54. The molecule has 3 rings (SSSR count). The number of nitrogens with one attached hydrogen (secondary N) is 1. The molecule has 1 aromatic heterocycles. The highest BCUT2D eigenvalue weighted by molar-refractivity contribution is 7.09. The molecule has 0 aliphatic rings. The Kier molecular flexibility index (Phi) is 6.90. The number of carbonyl (C=O) groups excluding carboxylic acids is 1. The minimum Gasteiger partial charge on any atom is -0.435 e. The number of ether oxygens (including phenoxy) is 1. The second-order valence-corrected chi connectivity index (χ2v) is 7.64. The third kappa shape index (κ3) is 6.33. The normalized spacial score (nSPS) is 11.1. The number of amides is 1. The molecule has 8 heteroatoms. The fraction of sp³-hybridized carbons (Fsp3) is 0.238. The molecular formula is C21H21F2N3O2S. The van der Waals surface area contributed by atoms with Crippen molar-refractivity contribution < 1.29 is 18.3 Å². The second kappa shape index (κ2) is 9.58. The Morgan fingerprint density at radius 1 is 1.24 bits per heavy atom. The van der Waals surface area contributed by atoms with Gasteiger partial charge in [-0.2, -0.15) is 8.78 Å². The van der Waals surface area contributed by atoms with Crippen LogP contribution in [0.2, 0.25) is 0 Å². The Morgan fingerprint density at radius 3 is 2.66 bits per heavy atom. The monoisotopic (exact) mass is 417 g/mol. The van der Waals surface area contributed by atoms with Crippen LogP contribution >= 0.6 is 11.3 Å². The van der Waals surface area contributed by atoms with Gasteiger partial charge in [0, 0.05) is 23.2 Å². The Morgan fingerprint density at radius 2 is 2.00 bits per heavy atom. The van der Waals surface area contributed by atoms with Crippen molar-refractivity contribution in [3.8, 4) is 17.0 Å². The summed E-state index contributed by atoms with van der Waals surface area (Å²) < 4.78 is 28.7. The summed E-state index contributed by atoms with van der Waals surface area (Å²) >= 11 is 1.58. The molecule has 3 aromatic rings. The average Bonchev–Trinajstić information content (AvgIpc) is 3.09. The lowest BCUT2D eigenvalue weighted by Gasteiger charge is -2.17. The van der Waals surface area contributed by atoms with Crippen molar-refractivity contribution in [2.24, 2.45) is 0 Å². The molecule has 0 spiro atoms. The summed E-state index contributed by atoms with van der Waals surface area (Å²) in [5.41, 5.74) is 3.44. The van der Waals surface area contributed by atoms with Crippen molar-refractivity contribution in [2.45, 2.75) is 20.1 Å². The molecule has 0 unspecified atom stereocenters. The van der Waals surface area contributed by atoms with Gasteiger partial charge in [-0.3, -0.25) is 9.69 Å². The third-order valence-electron chi connectivity index (χ3n) is 4.08. The highest BCUT2D eigenvalue weighted by Crippen LogP contribution is 2.24. The molecule has 0 radical (unpaired) electrons.